The van der Waals surface area contributed by atoms with Crippen molar-refractivity contribution in [1.29, 1.82) is 0 Å². The summed E-state index contributed by atoms with van der Waals surface area (Å²) in [6.45, 7) is -0.401. The summed E-state index contributed by atoms with van der Waals surface area (Å²) in [4.78, 5) is 31.9. The van der Waals surface area contributed by atoms with Crippen LogP contribution in [0.2, 0.25) is 0 Å². The standard InChI is InChI=1S/C18H15N3O4S/c1-24-14-6-2-4-12(8-14)15-11-26-18(20-15)21-16(22)10-25-17(23)13-5-3-7-19-9-13/h2-9,11H,10H2,1H3,(H,20,21,22). The average molecular weight is 369 g/mol. The van der Waals surface area contributed by atoms with Gasteiger partial charge in [-0.15, -0.1) is 11.3 Å². The molecule has 132 valence electrons. The summed E-state index contributed by atoms with van der Waals surface area (Å²) < 4.78 is 10.1. The van der Waals surface area contributed by atoms with Crippen LogP contribution in [-0.4, -0.2) is 35.6 Å². The zero-order valence-electron chi connectivity index (χ0n) is 13.8. The van der Waals surface area contributed by atoms with Crippen LogP contribution < -0.4 is 10.1 Å². The molecule has 0 aliphatic rings. The number of rotatable bonds is 6. The second-order valence-electron chi connectivity index (χ2n) is 5.14. The van der Waals surface area contributed by atoms with Crippen molar-refractivity contribution in [3.8, 4) is 17.0 Å². The molecule has 0 aliphatic heterocycles. The van der Waals surface area contributed by atoms with Gasteiger partial charge in [-0.25, -0.2) is 9.78 Å². The van der Waals surface area contributed by atoms with Crippen LogP contribution in [0.5, 0.6) is 5.75 Å². The summed E-state index contributed by atoms with van der Waals surface area (Å²) in [5, 5.41) is 4.86. The normalized spacial score (nSPS) is 10.2. The molecule has 1 aromatic carbocycles. The first-order valence-corrected chi connectivity index (χ1v) is 8.50. The van der Waals surface area contributed by atoms with Crippen LogP contribution in [0.3, 0.4) is 0 Å². The molecule has 7 nitrogen and oxygen atoms in total. The first kappa shape index (κ1) is 17.6. The first-order chi connectivity index (χ1) is 12.7. The molecule has 0 aliphatic carbocycles. The Morgan fingerprint density at radius 3 is 2.88 bits per heavy atom. The van der Waals surface area contributed by atoms with Gasteiger partial charge in [0.2, 0.25) is 0 Å². The molecule has 0 atom stereocenters. The topological polar surface area (TPSA) is 90.4 Å². The number of esters is 1. The SMILES string of the molecule is COc1cccc(-c2csc(NC(=O)COC(=O)c3cccnc3)n2)c1. The van der Waals surface area contributed by atoms with Crippen molar-refractivity contribution in [2.75, 3.05) is 19.0 Å². The van der Waals surface area contributed by atoms with Crippen LogP contribution in [0.25, 0.3) is 11.3 Å². The van der Waals surface area contributed by atoms with E-state index in [1.807, 2.05) is 29.6 Å². The molecule has 2 aromatic heterocycles. The van der Waals surface area contributed by atoms with Crippen molar-refractivity contribution < 1.29 is 19.1 Å². The van der Waals surface area contributed by atoms with Crippen molar-refractivity contribution in [1.82, 2.24) is 9.97 Å². The summed E-state index contributed by atoms with van der Waals surface area (Å²) in [5.41, 5.74) is 1.88. The number of benzene rings is 1. The first-order valence-electron chi connectivity index (χ1n) is 7.62. The molecule has 2 heterocycles. The number of nitrogens with zero attached hydrogens (tertiary/aromatic N) is 2. The van der Waals surface area contributed by atoms with Gasteiger partial charge in [-0.2, -0.15) is 0 Å². The number of nitrogens with one attached hydrogen (secondary N) is 1. The lowest BCUT2D eigenvalue weighted by atomic mass is 10.2. The van der Waals surface area contributed by atoms with Gasteiger partial charge in [-0.05, 0) is 24.3 Å². The number of methoxy groups -OCH3 is 1. The molecule has 0 radical (unpaired) electrons. The third-order valence-corrected chi connectivity index (χ3v) is 4.11. The molecule has 0 unspecified atom stereocenters. The molecular weight excluding hydrogens is 354 g/mol. The number of aromatic nitrogens is 2. The van der Waals surface area contributed by atoms with E-state index in [0.29, 0.717) is 5.13 Å². The Morgan fingerprint density at radius 2 is 2.12 bits per heavy atom. The Labute approximate surface area is 153 Å². The van der Waals surface area contributed by atoms with E-state index in [4.69, 9.17) is 9.47 Å². The van der Waals surface area contributed by atoms with Gasteiger partial charge < -0.3 is 9.47 Å². The van der Waals surface area contributed by atoms with E-state index in [2.05, 4.69) is 15.3 Å². The number of carbonyl (C=O) groups excluding carboxylic acids is 2. The highest BCUT2D eigenvalue weighted by molar-refractivity contribution is 7.14. The van der Waals surface area contributed by atoms with Gasteiger partial charge in [0, 0.05) is 23.3 Å². The summed E-state index contributed by atoms with van der Waals surface area (Å²) in [6, 6.07) is 10.6. The molecule has 0 saturated carbocycles. The molecule has 3 aromatic rings. The van der Waals surface area contributed by atoms with Gasteiger partial charge in [-0.3, -0.25) is 15.1 Å². The van der Waals surface area contributed by atoms with Crippen molar-refractivity contribution in [2.45, 2.75) is 0 Å². The molecule has 8 heteroatoms. The fourth-order valence-corrected chi connectivity index (χ4v) is 2.84. The van der Waals surface area contributed by atoms with Crippen LogP contribution in [0.15, 0.2) is 54.2 Å². The van der Waals surface area contributed by atoms with E-state index in [9.17, 15) is 9.59 Å². The van der Waals surface area contributed by atoms with Crippen molar-refractivity contribution in [2.24, 2.45) is 0 Å². The summed E-state index contributed by atoms with van der Waals surface area (Å²) in [5.74, 6) is -0.346. The lowest BCUT2D eigenvalue weighted by molar-refractivity contribution is -0.119. The van der Waals surface area contributed by atoms with E-state index in [1.165, 1.54) is 17.5 Å². The van der Waals surface area contributed by atoms with Gasteiger partial charge >= 0.3 is 5.97 Å². The van der Waals surface area contributed by atoms with Crippen LogP contribution in [0.1, 0.15) is 10.4 Å². The van der Waals surface area contributed by atoms with Gasteiger partial charge in [0.1, 0.15) is 5.75 Å². The third-order valence-electron chi connectivity index (χ3n) is 3.35. The summed E-state index contributed by atoms with van der Waals surface area (Å²) in [7, 11) is 1.60. The van der Waals surface area contributed by atoms with Gasteiger partial charge in [0.15, 0.2) is 11.7 Å². The van der Waals surface area contributed by atoms with Crippen LogP contribution in [0, 0.1) is 0 Å². The lowest BCUT2D eigenvalue weighted by Gasteiger charge is -2.04. The number of amides is 1. The number of ether oxygens (including phenoxy) is 2. The fourth-order valence-electron chi connectivity index (χ4n) is 2.10. The summed E-state index contributed by atoms with van der Waals surface area (Å²) >= 11 is 1.28. The molecule has 0 saturated heterocycles. The second-order valence-corrected chi connectivity index (χ2v) is 5.99. The van der Waals surface area contributed by atoms with E-state index in [0.717, 1.165) is 17.0 Å². The smallest absolute Gasteiger partial charge is 0.340 e. The largest absolute Gasteiger partial charge is 0.497 e. The van der Waals surface area contributed by atoms with Gasteiger partial charge in [0.25, 0.3) is 5.91 Å². The number of pyridine rings is 1. The predicted octanol–water partition coefficient (Wildman–Crippen LogP) is 3.01. The van der Waals surface area contributed by atoms with Crippen molar-refractivity contribution >= 4 is 28.3 Å². The van der Waals surface area contributed by atoms with Gasteiger partial charge in [0.05, 0.1) is 18.4 Å². The number of hydrogen-bond acceptors (Lipinski definition) is 7. The van der Waals surface area contributed by atoms with Gasteiger partial charge in [-0.1, -0.05) is 12.1 Å². The highest BCUT2D eigenvalue weighted by atomic mass is 32.1. The highest BCUT2D eigenvalue weighted by Crippen LogP contribution is 2.27. The number of thiazole rings is 1. The Balaban J connectivity index is 1.57. The maximum absolute atomic E-state index is 11.9. The molecule has 0 bridgehead atoms. The molecule has 1 amide bonds. The second kappa shape index (κ2) is 8.21. The maximum Gasteiger partial charge on any atom is 0.340 e. The molecule has 3 rings (SSSR count). The molecule has 0 spiro atoms. The zero-order chi connectivity index (χ0) is 18.4. The van der Waals surface area contributed by atoms with Crippen LogP contribution in [0.4, 0.5) is 5.13 Å². The fraction of sp³-hybridized carbons (Fsp3) is 0.111. The Bertz CT molecular complexity index is 912. The minimum absolute atomic E-state index is 0.287. The van der Waals surface area contributed by atoms with Crippen molar-refractivity contribution in [3.05, 3.63) is 59.7 Å². The zero-order valence-corrected chi connectivity index (χ0v) is 14.7. The molecular formula is C18H15N3O4S. The minimum atomic E-state index is -0.607. The van der Waals surface area contributed by atoms with E-state index < -0.39 is 18.5 Å². The Hall–Kier alpha value is -3.26. The average Bonchev–Trinajstić information content (AvgIpc) is 3.15. The predicted molar refractivity (Wildman–Crippen MR) is 97.3 cm³/mol. The van der Waals surface area contributed by atoms with E-state index in [-0.39, 0.29) is 5.56 Å². The highest BCUT2D eigenvalue weighted by Gasteiger charge is 2.12. The molecule has 26 heavy (non-hydrogen) atoms. The summed E-state index contributed by atoms with van der Waals surface area (Å²) in [6.07, 6.45) is 2.92. The van der Waals surface area contributed by atoms with E-state index >= 15 is 0 Å². The Kier molecular flexibility index (Phi) is 5.55. The Morgan fingerprint density at radius 1 is 1.23 bits per heavy atom. The third kappa shape index (κ3) is 4.42. The minimum Gasteiger partial charge on any atom is -0.497 e. The number of anilines is 1. The van der Waals surface area contributed by atoms with Crippen LogP contribution in [-0.2, 0) is 9.53 Å². The lowest BCUT2D eigenvalue weighted by Crippen LogP contribution is -2.20. The van der Waals surface area contributed by atoms with E-state index in [1.54, 1.807) is 25.4 Å². The van der Waals surface area contributed by atoms with Crippen LogP contribution >= 0.6 is 11.3 Å². The number of hydrogen-bond donors (Lipinski definition) is 1. The maximum atomic E-state index is 11.9. The number of carbonyl (C=O) groups is 2. The molecule has 0 fully saturated rings. The van der Waals surface area contributed by atoms with Crippen molar-refractivity contribution in [3.63, 3.8) is 0 Å². The quantitative estimate of drug-likeness (QED) is 0.672. The monoisotopic (exact) mass is 369 g/mol. The molecule has 1 N–H and O–H groups in total.